The minimum Gasteiger partial charge on any atom is -0.371 e. The molecule has 11 rings (SSSR count). The van der Waals surface area contributed by atoms with Crippen LogP contribution in [0.3, 0.4) is 0 Å². The molecule has 7 aromatic rings. The lowest BCUT2D eigenvalue weighted by Crippen LogP contribution is -2.48. The third-order valence-corrected chi connectivity index (χ3v) is 12.1. The van der Waals surface area contributed by atoms with Crippen LogP contribution >= 0.6 is 15.9 Å². The highest BCUT2D eigenvalue weighted by molar-refractivity contribution is 9.10. The Balaban J connectivity index is 0.000000158. The van der Waals surface area contributed by atoms with Gasteiger partial charge >= 0.3 is 0 Å². The van der Waals surface area contributed by atoms with Gasteiger partial charge in [0.05, 0.1) is 47.4 Å². The summed E-state index contributed by atoms with van der Waals surface area (Å²) in [5.41, 5.74) is 8.96. The number of piperidine rings is 1. The van der Waals surface area contributed by atoms with Crippen molar-refractivity contribution in [2.24, 2.45) is 0 Å². The molecule has 0 unspecified atom stereocenters. The number of ether oxygens (including phenoxy) is 2. The van der Waals surface area contributed by atoms with E-state index in [1.165, 1.54) is 30.4 Å². The smallest absolute Gasteiger partial charge is 0.225 e. The summed E-state index contributed by atoms with van der Waals surface area (Å²) in [5.74, 6) is 2.85. The maximum absolute atomic E-state index is 5.91. The molecule has 0 spiro atoms. The molecule has 2 saturated heterocycles. The van der Waals surface area contributed by atoms with Crippen molar-refractivity contribution < 1.29 is 9.47 Å². The standard InChI is InChI=1S/C28H30N6O.C16H13BrN2O/c1-2-5-19(6-3-1)26-17-35-18-27-32-24-10-9-20(13-25(24)34(26)27)21-14-30-28(31-15-21)33-22-7-4-8-23(33)16-29-12-11-22;17-12-6-7-13-14(8-12)19-15(9-20-10-16(19)18-13)11-4-2-1-3-5-11/h1-3,5-6,9-10,13-15,22-23,26,29H,4,7-8,11-12,16-18H2;1-8,15H,9-10H2/t22-,23+,26+;15-/m01/s1. The minimum absolute atomic E-state index is 0.120. The van der Waals surface area contributed by atoms with E-state index in [4.69, 9.17) is 24.4 Å². The van der Waals surface area contributed by atoms with Gasteiger partial charge in [-0.3, -0.25) is 0 Å². The topological polar surface area (TPSA) is 95.2 Å². The van der Waals surface area contributed by atoms with Gasteiger partial charge in [-0.05, 0) is 79.3 Å². The average molecular weight is 796 g/mol. The van der Waals surface area contributed by atoms with Gasteiger partial charge in [0.15, 0.2) is 0 Å². The second-order valence-electron chi connectivity index (χ2n) is 14.9. The summed E-state index contributed by atoms with van der Waals surface area (Å²) in [6.45, 7) is 4.57. The summed E-state index contributed by atoms with van der Waals surface area (Å²) in [6, 6.07) is 35.0. The highest BCUT2D eigenvalue weighted by atomic mass is 79.9. The fraction of sp³-hybridized carbons (Fsp3) is 0.318. The first kappa shape index (κ1) is 34.5. The highest BCUT2D eigenvalue weighted by Gasteiger charge is 2.34. The van der Waals surface area contributed by atoms with Gasteiger partial charge in [-0.2, -0.15) is 0 Å². The zero-order valence-corrected chi connectivity index (χ0v) is 32.2. The molecule has 10 nitrogen and oxygen atoms in total. The molecule has 1 N–H and O–H groups in total. The molecular formula is C44H43BrN8O2. The molecule has 278 valence electrons. The first-order valence-corrected chi connectivity index (χ1v) is 20.2. The summed E-state index contributed by atoms with van der Waals surface area (Å²) in [4.78, 5) is 21.8. The summed E-state index contributed by atoms with van der Waals surface area (Å²) in [7, 11) is 0. The Morgan fingerprint density at radius 3 is 1.89 bits per heavy atom. The number of hydrogen-bond donors (Lipinski definition) is 1. The van der Waals surface area contributed by atoms with Crippen molar-refractivity contribution in [2.45, 2.75) is 63.1 Å². The Bertz CT molecular complexity index is 2420. The van der Waals surface area contributed by atoms with Crippen molar-refractivity contribution >= 4 is 43.9 Å². The van der Waals surface area contributed by atoms with E-state index in [2.05, 4.69) is 119 Å². The average Bonchev–Trinajstić information content (AvgIpc) is 3.78. The van der Waals surface area contributed by atoms with Crippen molar-refractivity contribution in [3.8, 4) is 11.1 Å². The van der Waals surface area contributed by atoms with Crippen LogP contribution in [0, 0.1) is 0 Å². The maximum Gasteiger partial charge on any atom is 0.225 e. The van der Waals surface area contributed by atoms with Gasteiger partial charge in [0.2, 0.25) is 5.95 Å². The van der Waals surface area contributed by atoms with Gasteiger partial charge in [-0.1, -0.05) is 82.7 Å². The van der Waals surface area contributed by atoms with Crippen LogP contribution < -0.4 is 10.2 Å². The number of aromatic nitrogens is 6. The third kappa shape index (κ3) is 6.63. The van der Waals surface area contributed by atoms with E-state index in [9.17, 15) is 0 Å². The molecule has 55 heavy (non-hydrogen) atoms. The zero-order chi connectivity index (χ0) is 36.7. The van der Waals surface area contributed by atoms with E-state index in [0.29, 0.717) is 38.5 Å². The zero-order valence-electron chi connectivity index (χ0n) is 30.6. The van der Waals surface area contributed by atoms with Crippen molar-refractivity contribution in [1.82, 2.24) is 34.4 Å². The molecule has 4 aliphatic rings. The fourth-order valence-electron chi connectivity index (χ4n) is 8.97. The summed E-state index contributed by atoms with van der Waals surface area (Å²) in [6.07, 6.45) is 8.89. The molecule has 0 radical (unpaired) electrons. The normalized spacial score (nSPS) is 22.0. The third-order valence-electron chi connectivity index (χ3n) is 11.6. The Labute approximate surface area is 328 Å². The highest BCUT2D eigenvalue weighted by Crippen LogP contribution is 2.35. The minimum atomic E-state index is 0.120. The van der Waals surface area contributed by atoms with E-state index >= 15 is 0 Å². The number of hydrogen-bond acceptors (Lipinski definition) is 8. The van der Waals surface area contributed by atoms with Gasteiger partial charge in [-0.25, -0.2) is 19.9 Å². The van der Waals surface area contributed by atoms with Crippen LogP contribution in [0.5, 0.6) is 0 Å². The molecule has 4 aromatic carbocycles. The Morgan fingerprint density at radius 2 is 1.24 bits per heavy atom. The number of imidazole rings is 2. The van der Waals surface area contributed by atoms with Crippen molar-refractivity contribution in [3.05, 3.63) is 137 Å². The van der Waals surface area contributed by atoms with Gasteiger partial charge in [0.25, 0.3) is 0 Å². The van der Waals surface area contributed by atoms with Gasteiger partial charge in [-0.15, -0.1) is 0 Å². The first-order valence-electron chi connectivity index (χ1n) is 19.4. The van der Waals surface area contributed by atoms with Crippen molar-refractivity contribution in [2.75, 3.05) is 31.2 Å². The van der Waals surface area contributed by atoms with Crippen LogP contribution in [-0.2, 0) is 22.7 Å². The quantitative estimate of drug-likeness (QED) is 0.191. The van der Waals surface area contributed by atoms with Crippen LogP contribution in [0.4, 0.5) is 5.95 Å². The van der Waals surface area contributed by atoms with Gasteiger partial charge in [0.1, 0.15) is 24.9 Å². The van der Waals surface area contributed by atoms with E-state index in [1.54, 1.807) is 0 Å². The second-order valence-corrected chi connectivity index (χ2v) is 15.8. The molecule has 2 fully saturated rings. The molecule has 0 amide bonds. The van der Waals surface area contributed by atoms with E-state index < -0.39 is 0 Å². The second kappa shape index (κ2) is 15.0. The predicted molar refractivity (Wildman–Crippen MR) is 218 cm³/mol. The number of halogens is 1. The molecular weight excluding hydrogens is 752 g/mol. The Hall–Kier alpha value is -4.94. The van der Waals surface area contributed by atoms with Crippen LogP contribution in [0.25, 0.3) is 33.2 Å². The first-order chi connectivity index (χ1) is 27.2. The van der Waals surface area contributed by atoms with Crippen LogP contribution in [-0.4, -0.2) is 67.5 Å². The SMILES string of the molecule is Brc1ccc2nc3n(c2c1)[C@@H](c1ccccc1)COC3.c1ccc([C@H]2COCc3nc4ccc(-c5cnc(N6[C@H]7CCC[C@@H]6CNCC7)nc5)cc4n32)cc1. The number of anilines is 1. The Kier molecular flexibility index (Phi) is 9.39. The maximum atomic E-state index is 5.91. The molecule has 4 atom stereocenters. The van der Waals surface area contributed by atoms with Crippen molar-refractivity contribution in [3.63, 3.8) is 0 Å². The van der Waals surface area contributed by atoms with E-state index in [-0.39, 0.29) is 12.1 Å². The summed E-state index contributed by atoms with van der Waals surface area (Å²) >= 11 is 3.55. The van der Waals surface area contributed by atoms with Crippen LogP contribution in [0.1, 0.15) is 60.5 Å². The molecule has 7 heterocycles. The lowest BCUT2D eigenvalue weighted by molar-refractivity contribution is 0.0679. The molecule has 4 aliphatic heterocycles. The van der Waals surface area contributed by atoms with Crippen LogP contribution in [0.2, 0.25) is 0 Å². The van der Waals surface area contributed by atoms with Crippen LogP contribution in [0.15, 0.2) is 114 Å². The molecule has 11 heteroatoms. The fourth-order valence-corrected chi connectivity index (χ4v) is 9.32. The largest absolute Gasteiger partial charge is 0.371 e. The van der Waals surface area contributed by atoms with Gasteiger partial charge < -0.3 is 28.8 Å². The number of nitrogens with zero attached hydrogens (tertiary/aromatic N) is 7. The molecule has 0 aliphatic carbocycles. The monoisotopic (exact) mass is 794 g/mol. The van der Waals surface area contributed by atoms with E-state index in [0.717, 1.165) is 74.8 Å². The Morgan fingerprint density at radius 1 is 0.636 bits per heavy atom. The number of benzene rings is 4. The van der Waals surface area contributed by atoms with E-state index in [1.807, 2.05) is 30.6 Å². The summed E-state index contributed by atoms with van der Waals surface area (Å²) in [5, 5.41) is 3.60. The number of rotatable bonds is 4. The van der Waals surface area contributed by atoms with Crippen molar-refractivity contribution in [1.29, 1.82) is 0 Å². The number of fused-ring (bicyclic) bond motifs is 8. The lowest BCUT2D eigenvalue weighted by Gasteiger charge is -2.40. The molecule has 3 aromatic heterocycles. The molecule has 2 bridgehead atoms. The number of nitrogens with one attached hydrogen (secondary N) is 1. The molecule has 0 saturated carbocycles. The predicted octanol–water partition coefficient (Wildman–Crippen LogP) is 8.25. The van der Waals surface area contributed by atoms with Gasteiger partial charge in [0, 0.05) is 41.1 Å². The summed E-state index contributed by atoms with van der Waals surface area (Å²) < 4.78 is 17.4. The lowest BCUT2D eigenvalue weighted by atomic mass is 9.95.